The first-order chi connectivity index (χ1) is 13.6. The van der Waals surface area contributed by atoms with E-state index in [2.05, 4.69) is 4.90 Å². The first-order valence-corrected chi connectivity index (χ1v) is 10.1. The van der Waals surface area contributed by atoms with E-state index in [-0.39, 0.29) is 5.91 Å². The number of piperazine rings is 1. The molecule has 1 amide bonds. The summed E-state index contributed by atoms with van der Waals surface area (Å²) in [7, 11) is 3.11. The molecule has 0 N–H and O–H groups in total. The molecule has 2 aromatic carbocycles. The molecule has 4 rings (SSSR count). The monoisotopic (exact) mass is 417 g/mol. The fourth-order valence-electron chi connectivity index (χ4n) is 3.35. The summed E-state index contributed by atoms with van der Waals surface area (Å²) in [5.74, 6) is 0.979. The lowest BCUT2D eigenvalue weighted by atomic mass is 10.1. The van der Waals surface area contributed by atoms with Crippen LogP contribution in [0.1, 0.15) is 10.4 Å². The standard InChI is InChI=1S/C20H20ClN3O3S/c1-26-16-5-3-4-14(18(16)27-2)19(25)23-8-10-24(11-9-23)20-22-15-7-6-13(21)12-17(15)28-20/h3-7,12H,8-11H2,1-2H3. The fraction of sp³-hybridized carbons (Fsp3) is 0.300. The molecule has 0 bridgehead atoms. The zero-order chi connectivity index (χ0) is 19.7. The number of halogens is 1. The fourth-order valence-corrected chi connectivity index (χ4v) is 4.64. The first kappa shape index (κ1) is 18.8. The van der Waals surface area contributed by atoms with Gasteiger partial charge in [0.25, 0.3) is 5.91 Å². The van der Waals surface area contributed by atoms with Gasteiger partial charge in [-0.2, -0.15) is 0 Å². The summed E-state index contributed by atoms with van der Waals surface area (Å²) in [4.78, 5) is 21.8. The molecule has 6 nitrogen and oxygen atoms in total. The summed E-state index contributed by atoms with van der Waals surface area (Å²) in [6.45, 7) is 2.70. The number of fused-ring (bicyclic) bond motifs is 1. The molecule has 146 valence electrons. The number of hydrogen-bond donors (Lipinski definition) is 0. The van der Waals surface area contributed by atoms with Crippen LogP contribution in [-0.4, -0.2) is 56.2 Å². The Kier molecular flexibility index (Phi) is 5.28. The zero-order valence-electron chi connectivity index (χ0n) is 15.6. The largest absolute Gasteiger partial charge is 0.493 e. The van der Waals surface area contributed by atoms with Crippen LogP contribution in [0.25, 0.3) is 10.2 Å². The number of methoxy groups -OCH3 is 2. The maximum Gasteiger partial charge on any atom is 0.257 e. The lowest BCUT2D eigenvalue weighted by molar-refractivity contribution is 0.0742. The predicted molar refractivity (Wildman–Crippen MR) is 112 cm³/mol. The third-order valence-corrected chi connectivity index (χ3v) is 6.12. The Hall–Kier alpha value is -2.51. The number of benzene rings is 2. The summed E-state index contributed by atoms with van der Waals surface area (Å²) >= 11 is 7.70. The normalized spacial score (nSPS) is 14.4. The molecule has 0 aliphatic carbocycles. The van der Waals surface area contributed by atoms with Crippen molar-refractivity contribution in [1.82, 2.24) is 9.88 Å². The minimum Gasteiger partial charge on any atom is -0.493 e. The average molecular weight is 418 g/mol. The van der Waals surface area contributed by atoms with Crippen molar-refractivity contribution in [3.05, 3.63) is 47.0 Å². The third kappa shape index (κ3) is 3.47. The van der Waals surface area contributed by atoms with Gasteiger partial charge in [-0.05, 0) is 30.3 Å². The highest BCUT2D eigenvalue weighted by atomic mass is 35.5. The maximum atomic E-state index is 13.0. The van der Waals surface area contributed by atoms with Gasteiger partial charge in [0.2, 0.25) is 0 Å². The molecule has 0 unspecified atom stereocenters. The van der Waals surface area contributed by atoms with E-state index in [1.54, 1.807) is 43.8 Å². The van der Waals surface area contributed by atoms with Crippen LogP contribution in [0.3, 0.4) is 0 Å². The van der Waals surface area contributed by atoms with Gasteiger partial charge in [0, 0.05) is 31.2 Å². The number of anilines is 1. The van der Waals surface area contributed by atoms with Crippen LogP contribution in [0.15, 0.2) is 36.4 Å². The molecule has 8 heteroatoms. The molecule has 1 aromatic heterocycles. The van der Waals surface area contributed by atoms with Crippen LogP contribution in [-0.2, 0) is 0 Å². The molecule has 1 aliphatic rings. The Balaban J connectivity index is 1.48. The number of ether oxygens (including phenoxy) is 2. The van der Waals surface area contributed by atoms with Gasteiger partial charge in [-0.1, -0.05) is 29.0 Å². The number of nitrogens with zero attached hydrogens (tertiary/aromatic N) is 3. The highest BCUT2D eigenvalue weighted by Gasteiger charge is 2.26. The van der Waals surface area contributed by atoms with Gasteiger partial charge in [0.15, 0.2) is 16.6 Å². The first-order valence-electron chi connectivity index (χ1n) is 8.92. The molecule has 1 fully saturated rings. The van der Waals surface area contributed by atoms with Crippen LogP contribution in [0.4, 0.5) is 5.13 Å². The quantitative estimate of drug-likeness (QED) is 0.643. The van der Waals surface area contributed by atoms with E-state index in [4.69, 9.17) is 26.1 Å². The molecule has 2 heterocycles. The topological polar surface area (TPSA) is 54.9 Å². The van der Waals surface area contributed by atoms with E-state index in [0.717, 1.165) is 28.4 Å². The van der Waals surface area contributed by atoms with Crippen molar-refractivity contribution >= 4 is 44.2 Å². The number of carbonyl (C=O) groups is 1. The second-order valence-corrected chi connectivity index (χ2v) is 7.87. The van der Waals surface area contributed by atoms with Crippen LogP contribution >= 0.6 is 22.9 Å². The average Bonchev–Trinajstić information content (AvgIpc) is 3.15. The van der Waals surface area contributed by atoms with Gasteiger partial charge >= 0.3 is 0 Å². The van der Waals surface area contributed by atoms with Gasteiger partial charge in [0.1, 0.15) is 0 Å². The van der Waals surface area contributed by atoms with Crippen LogP contribution < -0.4 is 14.4 Å². The summed E-state index contributed by atoms with van der Waals surface area (Å²) in [6, 6.07) is 11.1. The van der Waals surface area contributed by atoms with Crippen LogP contribution in [0.2, 0.25) is 5.02 Å². The molecule has 28 heavy (non-hydrogen) atoms. The lowest BCUT2D eigenvalue weighted by Crippen LogP contribution is -2.48. The van der Waals surface area contributed by atoms with E-state index in [9.17, 15) is 4.79 Å². The van der Waals surface area contributed by atoms with Crippen molar-refractivity contribution in [2.75, 3.05) is 45.3 Å². The van der Waals surface area contributed by atoms with Gasteiger partial charge in [-0.3, -0.25) is 4.79 Å². The van der Waals surface area contributed by atoms with E-state index in [0.29, 0.717) is 35.2 Å². The molecule has 3 aromatic rings. The molecular formula is C20H20ClN3O3S. The van der Waals surface area contributed by atoms with E-state index < -0.39 is 0 Å². The Bertz CT molecular complexity index is 1020. The third-order valence-electron chi connectivity index (χ3n) is 4.81. The Morgan fingerprint density at radius 3 is 2.61 bits per heavy atom. The second-order valence-electron chi connectivity index (χ2n) is 6.43. The van der Waals surface area contributed by atoms with Gasteiger partial charge in [0.05, 0.1) is 30.0 Å². The number of aromatic nitrogens is 1. The smallest absolute Gasteiger partial charge is 0.257 e. The molecule has 0 saturated carbocycles. The van der Waals surface area contributed by atoms with Gasteiger partial charge in [-0.15, -0.1) is 0 Å². The zero-order valence-corrected chi connectivity index (χ0v) is 17.2. The highest BCUT2D eigenvalue weighted by molar-refractivity contribution is 7.22. The number of para-hydroxylation sites is 1. The van der Waals surface area contributed by atoms with Crippen LogP contribution in [0.5, 0.6) is 11.5 Å². The van der Waals surface area contributed by atoms with Crippen molar-refractivity contribution in [2.24, 2.45) is 0 Å². The number of hydrogen-bond acceptors (Lipinski definition) is 6. The van der Waals surface area contributed by atoms with Crippen LogP contribution in [0, 0.1) is 0 Å². The number of rotatable bonds is 4. The predicted octanol–water partition coefficient (Wildman–Crippen LogP) is 3.93. The van der Waals surface area contributed by atoms with Crippen molar-refractivity contribution in [3.63, 3.8) is 0 Å². The van der Waals surface area contributed by atoms with Gasteiger partial charge < -0.3 is 19.3 Å². The number of amides is 1. The van der Waals surface area contributed by atoms with Crippen molar-refractivity contribution in [1.29, 1.82) is 0 Å². The molecule has 0 radical (unpaired) electrons. The molecule has 0 spiro atoms. The minimum atomic E-state index is -0.0496. The molecular weight excluding hydrogens is 398 g/mol. The summed E-state index contributed by atoms with van der Waals surface area (Å²) in [5.41, 5.74) is 1.47. The van der Waals surface area contributed by atoms with Crippen molar-refractivity contribution in [2.45, 2.75) is 0 Å². The lowest BCUT2D eigenvalue weighted by Gasteiger charge is -2.34. The van der Waals surface area contributed by atoms with E-state index in [1.165, 1.54) is 0 Å². The van der Waals surface area contributed by atoms with E-state index in [1.807, 2.05) is 23.1 Å². The minimum absolute atomic E-state index is 0.0496. The molecule has 1 aliphatic heterocycles. The second kappa shape index (κ2) is 7.85. The van der Waals surface area contributed by atoms with Gasteiger partial charge in [-0.25, -0.2) is 4.98 Å². The SMILES string of the molecule is COc1cccc(C(=O)N2CCN(c3nc4ccc(Cl)cc4s3)CC2)c1OC. The molecule has 1 saturated heterocycles. The van der Waals surface area contributed by atoms with Crippen molar-refractivity contribution < 1.29 is 14.3 Å². The van der Waals surface area contributed by atoms with E-state index >= 15 is 0 Å². The number of thiazole rings is 1. The maximum absolute atomic E-state index is 13.0. The summed E-state index contributed by atoms with van der Waals surface area (Å²) < 4.78 is 11.8. The van der Waals surface area contributed by atoms with Crippen molar-refractivity contribution in [3.8, 4) is 11.5 Å². The summed E-state index contributed by atoms with van der Waals surface area (Å²) in [5, 5.41) is 1.67. The summed E-state index contributed by atoms with van der Waals surface area (Å²) in [6.07, 6.45) is 0. The highest BCUT2D eigenvalue weighted by Crippen LogP contribution is 2.33. The Labute approximate surface area is 172 Å². The Morgan fingerprint density at radius 2 is 1.89 bits per heavy atom. The number of carbonyl (C=O) groups excluding carboxylic acids is 1. The Morgan fingerprint density at radius 1 is 1.11 bits per heavy atom. The molecule has 0 atom stereocenters.